The van der Waals surface area contributed by atoms with Gasteiger partial charge in [-0.2, -0.15) is 0 Å². The fourth-order valence-electron chi connectivity index (χ4n) is 0.303. The maximum atomic E-state index is 9.92. The first-order chi connectivity index (χ1) is 7.29. The predicted octanol–water partition coefficient (Wildman–Crippen LogP) is -1.12. The molecule has 0 saturated heterocycles. The van der Waals surface area contributed by atoms with Gasteiger partial charge in [-0.25, -0.2) is 9.59 Å². The molecule has 0 atom stereocenters. The molecule has 1 aliphatic heterocycles. The van der Waals surface area contributed by atoms with E-state index in [1.54, 1.807) is 0 Å². The van der Waals surface area contributed by atoms with Crippen LogP contribution in [0.2, 0.25) is 0 Å². The molecule has 92 valence electrons. The summed E-state index contributed by atoms with van der Waals surface area (Å²) in [6, 6.07) is 0. The fraction of sp³-hybridized carbons (Fsp3) is 0. The molecule has 0 aromatic rings. The first-order valence-electron chi connectivity index (χ1n) is 2.88. The van der Waals surface area contributed by atoms with E-state index in [2.05, 4.69) is 4.74 Å². The van der Waals surface area contributed by atoms with Crippen LogP contribution in [0.5, 0.6) is 0 Å². The van der Waals surface area contributed by atoms with Crippen molar-refractivity contribution in [2.45, 2.75) is 0 Å². The second kappa shape index (κ2) is 38.1. The van der Waals surface area contributed by atoms with Gasteiger partial charge < -0.3 is 23.9 Å². The van der Waals surface area contributed by atoms with Gasteiger partial charge in [-0.15, -0.1) is 0 Å². The van der Waals surface area contributed by atoms with Crippen molar-refractivity contribution in [3.05, 3.63) is 12.2 Å². The molecule has 8 heteroatoms. The molecule has 0 bridgehead atoms. The molecule has 0 aromatic heterocycles. The first-order valence-corrected chi connectivity index (χ1v) is 2.88. The minimum atomic E-state index is -0.579. The molecule has 0 amide bonds. The Morgan fingerprint density at radius 1 is 0.688 bits per heavy atom. The van der Waals surface area contributed by atoms with E-state index in [1.165, 1.54) is 0 Å². The van der Waals surface area contributed by atoms with Crippen molar-refractivity contribution in [3.8, 4) is 0 Å². The van der Waals surface area contributed by atoms with Crippen LogP contribution in [0.25, 0.3) is 0 Å². The van der Waals surface area contributed by atoms with Crippen LogP contribution in [0.15, 0.2) is 12.2 Å². The van der Waals surface area contributed by atoms with Gasteiger partial charge in [-0.1, -0.05) is 0 Å². The van der Waals surface area contributed by atoms with Crippen LogP contribution in [-0.2, 0) is 50.6 Å². The smallest absolute Gasteiger partial charge is 0.338 e. The van der Waals surface area contributed by atoms with Gasteiger partial charge in [0.1, 0.15) is 27.2 Å². The summed E-state index contributed by atoms with van der Waals surface area (Å²) in [7, 11) is 0. The molecule has 0 spiro atoms. The molecule has 1 aliphatic rings. The van der Waals surface area contributed by atoms with E-state index < -0.39 is 11.9 Å². The van der Waals surface area contributed by atoms with E-state index in [-0.39, 0.29) is 17.1 Å². The van der Waals surface area contributed by atoms with Crippen molar-refractivity contribution >= 4 is 39.1 Å². The van der Waals surface area contributed by atoms with Crippen molar-refractivity contribution in [2.24, 2.45) is 0 Å². The van der Waals surface area contributed by atoms with Gasteiger partial charge in [-0.05, 0) is 0 Å². The summed E-state index contributed by atoms with van der Waals surface area (Å²) in [5, 5.41) is 0. The minimum absolute atomic E-state index is 0. The van der Waals surface area contributed by atoms with Gasteiger partial charge in [0.15, 0.2) is 0 Å². The van der Waals surface area contributed by atoms with E-state index in [0.29, 0.717) is 0 Å². The normalized spacial score (nSPS) is 8.75. The van der Waals surface area contributed by atoms with Gasteiger partial charge >= 0.3 is 11.9 Å². The molecule has 1 rings (SSSR count). The second-order valence-corrected chi connectivity index (χ2v) is 1.07. The van der Waals surface area contributed by atoms with Crippen LogP contribution in [0.4, 0.5) is 0 Å². The molecule has 1 heterocycles. The van der Waals surface area contributed by atoms with Gasteiger partial charge in [0.25, 0.3) is 0 Å². The van der Waals surface area contributed by atoms with Crippen LogP contribution in [0, 0.1) is 0 Å². The maximum absolute atomic E-state index is 9.92. The zero-order valence-corrected chi connectivity index (χ0v) is 9.30. The fourth-order valence-corrected chi connectivity index (χ4v) is 0.303. The Morgan fingerprint density at radius 3 is 0.938 bits per heavy atom. The Kier molecular flexibility index (Phi) is 69.5. The quantitative estimate of drug-likeness (QED) is 0.312. The molecule has 0 unspecified atom stereocenters. The minimum Gasteiger partial charge on any atom is -0.387 e. The van der Waals surface area contributed by atoms with Crippen molar-refractivity contribution in [2.75, 3.05) is 0 Å². The predicted molar refractivity (Wildman–Crippen MR) is 48.7 cm³/mol. The Bertz CT molecular complexity index is 181. The van der Waals surface area contributed by atoms with Crippen LogP contribution in [0.3, 0.4) is 0 Å². The summed E-state index contributed by atoms with van der Waals surface area (Å²) in [5.74, 6) is -1.16. The maximum Gasteiger partial charge on any atom is 0.338 e. The monoisotopic (exact) mass is 274 g/mol. The standard InChI is InChI=1S/C4H2O3.4CH2O.Fe/c5-3-1-2-4(6)7-3;4*1-2;/h1-2H;4*1H2;. The molecule has 7 nitrogen and oxygen atoms in total. The third-order valence-corrected chi connectivity index (χ3v) is 0.557. The number of carbonyl (C=O) groups excluding carboxylic acids is 6. The zero-order chi connectivity index (χ0) is 13.3. The molecule has 0 N–H and O–H groups in total. The number of esters is 2. The van der Waals surface area contributed by atoms with Gasteiger partial charge in [-0.3, -0.25) is 0 Å². The first kappa shape index (κ1) is 29.2. The molecule has 0 fully saturated rings. The third-order valence-electron chi connectivity index (χ3n) is 0.557. The molecule has 0 aromatic carbocycles. The molecular formula is C8H10FeO7. The summed E-state index contributed by atoms with van der Waals surface area (Å²) >= 11 is 0. The van der Waals surface area contributed by atoms with Crippen LogP contribution >= 0.6 is 0 Å². The van der Waals surface area contributed by atoms with Gasteiger partial charge in [0, 0.05) is 29.2 Å². The molecule has 0 saturated carbocycles. The second-order valence-electron chi connectivity index (χ2n) is 1.07. The average molecular weight is 274 g/mol. The molecule has 16 heavy (non-hydrogen) atoms. The van der Waals surface area contributed by atoms with Crippen molar-refractivity contribution in [3.63, 3.8) is 0 Å². The summed E-state index contributed by atoms with van der Waals surface area (Å²) in [4.78, 5) is 51.8. The summed E-state index contributed by atoms with van der Waals surface area (Å²) in [5.41, 5.74) is 0. The van der Waals surface area contributed by atoms with Crippen LogP contribution in [0.1, 0.15) is 0 Å². The van der Waals surface area contributed by atoms with E-state index in [1.807, 2.05) is 27.2 Å². The Morgan fingerprint density at radius 2 is 0.875 bits per heavy atom. The SMILES string of the molecule is C=O.C=O.C=O.C=O.O=C1C=CC(=O)O1.[Fe]. The topological polar surface area (TPSA) is 112 Å². The zero-order valence-electron chi connectivity index (χ0n) is 8.19. The Labute approximate surface area is 102 Å². The van der Waals surface area contributed by atoms with E-state index in [9.17, 15) is 9.59 Å². The number of ether oxygens (including phenoxy) is 1. The summed E-state index contributed by atoms with van der Waals surface area (Å²) in [6.07, 6.45) is 2.17. The van der Waals surface area contributed by atoms with E-state index >= 15 is 0 Å². The van der Waals surface area contributed by atoms with Crippen LogP contribution < -0.4 is 0 Å². The largest absolute Gasteiger partial charge is 0.387 e. The van der Waals surface area contributed by atoms with E-state index in [4.69, 9.17) is 19.2 Å². The van der Waals surface area contributed by atoms with E-state index in [0.717, 1.165) is 12.2 Å². The number of hydrogen-bond donors (Lipinski definition) is 0. The van der Waals surface area contributed by atoms with Gasteiger partial charge in [0.05, 0.1) is 0 Å². The van der Waals surface area contributed by atoms with Gasteiger partial charge in [0.2, 0.25) is 0 Å². The number of hydrogen-bond acceptors (Lipinski definition) is 7. The summed E-state index contributed by atoms with van der Waals surface area (Å²) in [6.45, 7) is 8.00. The Hall–Kier alpha value is -1.92. The molecular weight excluding hydrogens is 264 g/mol. The molecule has 0 aliphatic carbocycles. The van der Waals surface area contributed by atoms with Crippen LogP contribution in [-0.4, -0.2) is 39.1 Å². The summed E-state index contributed by atoms with van der Waals surface area (Å²) < 4.78 is 3.97. The average Bonchev–Trinajstić information content (AvgIpc) is 2.73. The third kappa shape index (κ3) is 29.6. The van der Waals surface area contributed by atoms with Crippen molar-refractivity contribution in [1.82, 2.24) is 0 Å². The number of carbonyl (C=O) groups is 6. The van der Waals surface area contributed by atoms with Crippen molar-refractivity contribution in [1.29, 1.82) is 0 Å². The van der Waals surface area contributed by atoms with Crippen molar-refractivity contribution < 1.29 is 50.6 Å². The number of rotatable bonds is 0. The molecule has 0 radical (unpaired) electrons. The Balaban J connectivity index is -0.0000000390. The number of cyclic esters (lactones) is 2.